The van der Waals surface area contributed by atoms with Crippen molar-refractivity contribution in [3.8, 4) is 17.0 Å². The Bertz CT molecular complexity index is 1150. The van der Waals surface area contributed by atoms with Crippen LogP contribution in [0.3, 0.4) is 0 Å². The molecule has 8 heteroatoms. The van der Waals surface area contributed by atoms with Gasteiger partial charge in [0.1, 0.15) is 11.3 Å². The average molecular weight is 413 g/mol. The van der Waals surface area contributed by atoms with Gasteiger partial charge >= 0.3 is 0 Å². The van der Waals surface area contributed by atoms with E-state index in [1.54, 1.807) is 10.6 Å². The summed E-state index contributed by atoms with van der Waals surface area (Å²) in [5.41, 5.74) is 2.89. The highest BCUT2D eigenvalue weighted by Gasteiger charge is 2.12. The maximum atomic E-state index is 12.2. The quantitative estimate of drug-likeness (QED) is 0.474. The minimum atomic E-state index is -0.277. The molecule has 4 rings (SSSR count). The largest absolute Gasteiger partial charge is 0.494 e. The first-order valence-electron chi connectivity index (χ1n) is 8.73. The number of aromatic amines is 1. The average Bonchev–Trinajstić information content (AvgIpc) is 3.16. The van der Waals surface area contributed by atoms with Crippen LogP contribution in [0.25, 0.3) is 16.8 Å². The summed E-state index contributed by atoms with van der Waals surface area (Å²) in [5, 5.41) is 12.6. The SMILES string of the molecule is CCOc1ccc(-c2cc3c(=O)[nH]nc(SCc4ccc(Cl)cc4)n3n2)cc1. The van der Waals surface area contributed by atoms with Crippen LogP contribution in [-0.2, 0) is 5.75 Å². The molecule has 0 spiro atoms. The Labute approximate surface area is 170 Å². The lowest BCUT2D eigenvalue weighted by Crippen LogP contribution is -2.13. The molecule has 0 aliphatic heterocycles. The fourth-order valence-corrected chi connectivity index (χ4v) is 3.73. The van der Waals surface area contributed by atoms with E-state index in [9.17, 15) is 4.79 Å². The van der Waals surface area contributed by atoms with Crippen LogP contribution in [0.2, 0.25) is 5.02 Å². The van der Waals surface area contributed by atoms with E-state index < -0.39 is 0 Å². The number of nitrogens with zero attached hydrogens (tertiary/aromatic N) is 3. The van der Waals surface area contributed by atoms with Crippen molar-refractivity contribution in [3.63, 3.8) is 0 Å². The molecule has 0 saturated heterocycles. The molecule has 142 valence electrons. The monoisotopic (exact) mass is 412 g/mol. The highest BCUT2D eigenvalue weighted by Crippen LogP contribution is 2.25. The van der Waals surface area contributed by atoms with Crippen molar-refractivity contribution < 1.29 is 4.74 Å². The van der Waals surface area contributed by atoms with Gasteiger partial charge in [-0.05, 0) is 55.0 Å². The molecule has 1 N–H and O–H groups in total. The zero-order valence-electron chi connectivity index (χ0n) is 15.1. The molecule has 28 heavy (non-hydrogen) atoms. The smallest absolute Gasteiger partial charge is 0.290 e. The molecule has 0 fully saturated rings. The second kappa shape index (κ2) is 8.08. The number of aromatic nitrogens is 4. The number of rotatable bonds is 6. The zero-order valence-corrected chi connectivity index (χ0v) is 16.6. The normalized spacial score (nSPS) is 11.1. The number of hydrogen-bond donors (Lipinski definition) is 1. The van der Waals surface area contributed by atoms with Crippen molar-refractivity contribution in [1.82, 2.24) is 19.8 Å². The van der Waals surface area contributed by atoms with Crippen LogP contribution in [0.5, 0.6) is 5.75 Å². The van der Waals surface area contributed by atoms with Gasteiger partial charge in [0.05, 0.1) is 12.3 Å². The van der Waals surface area contributed by atoms with Crippen LogP contribution >= 0.6 is 23.4 Å². The maximum Gasteiger partial charge on any atom is 0.290 e. The van der Waals surface area contributed by atoms with Crippen LogP contribution in [0.15, 0.2) is 64.5 Å². The summed E-state index contributed by atoms with van der Waals surface area (Å²) in [7, 11) is 0. The molecule has 0 saturated carbocycles. The lowest BCUT2D eigenvalue weighted by Gasteiger charge is -2.04. The summed E-state index contributed by atoms with van der Waals surface area (Å²) < 4.78 is 7.06. The van der Waals surface area contributed by atoms with Gasteiger partial charge in [-0.25, -0.2) is 9.61 Å². The molecule has 2 aromatic carbocycles. The van der Waals surface area contributed by atoms with E-state index in [0.29, 0.717) is 33.7 Å². The zero-order chi connectivity index (χ0) is 19.5. The van der Waals surface area contributed by atoms with Gasteiger partial charge in [-0.1, -0.05) is 35.5 Å². The summed E-state index contributed by atoms with van der Waals surface area (Å²) in [4.78, 5) is 12.2. The second-order valence-electron chi connectivity index (χ2n) is 6.03. The van der Waals surface area contributed by atoms with Gasteiger partial charge in [-0.2, -0.15) is 5.10 Å². The molecule has 0 unspecified atom stereocenters. The number of H-pyrrole nitrogens is 1. The predicted octanol–water partition coefficient (Wildman–Crippen LogP) is 4.43. The molecule has 0 aliphatic rings. The van der Waals surface area contributed by atoms with Crippen molar-refractivity contribution in [2.24, 2.45) is 0 Å². The Hall–Kier alpha value is -2.77. The van der Waals surface area contributed by atoms with Crippen molar-refractivity contribution in [2.75, 3.05) is 6.61 Å². The summed E-state index contributed by atoms with van der Waals surface area (Å²) in [6.07, 6.45) is 0. The standard InChI is InChI=1S/C20H17ClN4O2S/c1-2-27-16-9-5-14(6-10-16)17-11-18-19(26)22-23-20(25(18)24-17)28-12-13-3-7-15(21)8-4-13/h3-11H,2,12H2,1H3,(H,22,26). The van der Waals surface area contributed by atoms with E-state index in [4.69, 9.17) is 16.3 Å². The number of nitrogens with one attached hydrogen (secondary N) is 1. The summed E-state index contributed by atoms with van der Waals surface area (Å²) in [5.74, 6) is 1.48. The number of benzene rings is 2. The van der Waals surface area contributed by atoms with Gasteiger partial charge in [0, 0.05) is 16.3 Å². The Morgan fingerprint density at radius 1 is 1.14 bits per heavy atom. The van der Waals surface area contributed by atoms with Crippen LogP contribution in [0.4, 0.5) is 0 Å². The molecule has 0 atom stereocenters. The first-order valence-corrected chi connectivity index (χ1v) is 10.1. The molecule has 0 aliphatic carbocycles. The van der Waals surface area contributed by atoms with Gasteiger partial charge in [0.25, 0.3) is 5.56 Å². The van der Waals surface area contributed by atoms with Gasteiger partial charge in [-0.3, -0.25) is 4.79 Å². The van der Waals surface area contributed by atoms with Crippen LogP contribution < -0.4 is 10.3 Å². The number of thioether (sulfide) groups is 1. The molecule has 2 heterocycles. The Morgan fingerprint density at radius 2 is 1.89 bits per heavy atom. The minimum absolute atomic E-state index is 0.277. The van der Waals surface area contributed by atoms with E-state index in [-0.39, 0.29) is 5.56 Å². The van der Waals surface area contributed by atoms with Gasteiger partial charge in [-0.15, -0.1) is 5.10 Å². The first kappa shape index (κ1) is 18.6. The molecular weight excluding hydrogens is 396 g/mol. The highest BCUT2D eigenvalue weighted by molar-refractivity contribution is 7.98. The van der Waals surface area contributed by atoms with Crippen molar-refractivity contribution in [2.45, 2.75) is 17.8 Å². The van der Waals surface area contributed by atoms with Crippen molar-refractivity contribution in [3.05, 3.63) is 75.5 Å². The van der Waals surface area contributed by atoms with E-state index in [0.717, 1.165) is 16.9 Å². The van der Waals surface area contributed by atoms with Crippen LogP contribution in [0, 0.1) is 0 Å². The highest BCUT2D eigenvalue weighted by atomic mass is 35.5. The van der Waals surface area contributed by atoms with Crippen molar-refractivity contribution in [1.29, 1.82) is 0 Å². The fraction of sp³-hybridized carbons (Fsp3) is 0.150. The topological polar surface area (TPSA) is 72.3 Å². The predicted molar refractivity (Wildman–Crippen MR) is 111 cm³/mol. The number of halogens is 1. The lowest BCUT2D eigenvalue weighted by atomic mass is 10.1. The first-order chi connectivity index (χ1) is 13.6. The second-order valence-corrected chi connectivity index (χ2v) is 7.41. The molecular formula is C20H17ClN4O2S. The third-order valence-electron chi connectivity index (χ3n) is 4.12. The summed E-state index contributed by atoms with van der Waals surface area (Å²) in [6.45, 7) is 2.56. The third kappa shape index (κ3) is 3.90. The molecule has 2 aromatic heterocycles. The van der Waals surface area contributed by atoms with Crippen molar-refractivity contribution >= 4 is 28.9 Å². The summed E-state index contributed by atoms with van der Waals surface area (Å²) >= 11 is 7.42. The number of fused-ring (bicyclic) bond motifs is 1. The Balaban J connectivity index is 1.64. The van der Waals surface area contributed by atoms with Gasteiger partial charge < -0.3 is 4.74 Å². The number of hydrogen-bond acceptors (Lipinski definition) is 5. The van der Waals surface area contributed by atoms with Gasteiger partial charge in [0.15, 0.2) is 0 Å². The van der Waals surface area contributed by atoms with E-state index in [1.807, 2.05) is 55.5 Å². The summed E-state index contributed by atoms with van der Waals surface area (Å²) in [6, 6.07) is 17.0. The fourth-order valence-electron chi connectivity index (χ4n) is 2.74. The lowest BCUT2D eigenvalue weighted by molar-refractivity contribution is 0.340. The minimum Gasteiger partial charge on any atom is -0.494 e. The van der Waals surface area contributed by atoms with Gasteiger partial charge in [0.2, 0.25) is 5.16 Å². The third-order valence-corrected chi connectivity index (χ3v) is 5.37. The Morgan fingerprint density at radius 3 is 2.61 bits per heavy atom. The van der Waals surface area contributed by atoms with E-state index in [1.165, 1.54) is 11.8 Å². The maximum absolute atomic E-state index is 12.2. The van der Waals surface area contributed by atoms with Crippen LogP contribution in [-0.4, -0.2) is 26.4 Å². The van der Waals surface area contributed by atoms with Crippen LogP contribution in [0.1, 0.15) is 12.5 Å². The molecule has 4 aromatic rings. The molecule has 0 amide bonds. The number of ether oxygens (including phenoxy) is 1. The molecule has 0 bridgehead atoms. The van der Waals surface area contributed by atoms with E-state index in [2.05, 4.69) is 15.3 Å². The van der Waals surface area contributed by atoms with E-state index >= 15 is 0 Å². The molecule has 6 nitrogen and oxygen atoms in total. The Kier molecular flexibility index (Phi) is 5.36. The molecule has 0 radical (unpaired) electrons.